The van der Waals surface area contributed by atoms with Crippen LogP contribution in [0.3, 0.4) is 0 Å². The SMILES string of the molecule is Cc1cnc(Nc2ccc(N3CCN(C4CCN(Cc5ccc6c(c5)CN(C5CCC(=O)NC5=O)C6=O)CC4)CC3)cc2)nc1Nc1cccc(S(=O)(=O)NC(C)(C)C)c1. The van der Waals surface area contributed by atoms with Crippen LogP contribution in [0.5, 0.6) is 0 Å². The van der Waals surface area contributed by atoms with Crippen LogP contribution in [-0.4, -0.2) is 108 Å². The largest absolute Gasteiger partial charge is 0.369 e. The van der Waals surface area contributed by atoms with Gasteiger partial charge in [0, 0.05) is 91.7 Å². The van der Waals surface area contributed by atoms with Gasteiger partial charge in [-0.25, -0.2) is 18.1 Å². The number of amides is 3. The summed E-state index contributed by atoms with van der Waals surface area (Å²) in [6, 6.07) is 21.0. The van der Waals surface area contributed by atoms with E-state index in [1.807, 2.05) is 52.0 Å². The lowest BCUT2D eigenvalue weighted by Crippen LogP contribution is -2.53. The first-order chi connectivity index (χ1) is 28.7. The Morgan fingerprint density at radius 1 is 0.850 bits per heavy atom. The first-order valence-corrected chi connectivity index (χ1v) is 22.3. The number of carbonyl (C=O) groups excluding carboxylic acids is 3. The van der Waals surface area contributed by atoms with Crippen LogP contribution in [0.4, 0.5) is 28.8 Å². The number of hydrogen-bond donors (Lipinski definition) is 4. The molecule has 3 aromatic carbocycles. The number of sulfonamides is 1. The summed E-state index contributed by atoms with van der Waals surface area (Å²) in [5.74, 6) is 0.207. The molecule has 0 spiro atoms. The number of imide groups is 1. The van der Waals surface area contributed by atoms with E-state index in [1.165, 1.54) is 11.3 Å². The number of hydrogen-bond acceptors (Lipinski definition) is 12. The van der Waals surface area contributed by atoms with Crippen LogP contribution in [0.1, 0.15) is 73.5 Å². The normalized spacial score (nSPS) is 19.7. The lowest BCUT2D eigenvalue weighted by Gasteiger charge is -2.43. The Kier molecular flexibility index (Phi) is 11.6. The highest BCUT2D eigenvalue weighted by atomic mass is 32.2. The Bertz CT molecular complexity index is 2370. The standard InChI is InChI=1S/C44H54N10O5S/c1-29-26-45-43(49-40(29)46-33-6-5-7-36(25-33)60(58,59)50-44(2,3)4)47-32-9-11-34(12-10-32)52-20-22-53(23-21-52)35-16-18-51(19-17-35)27-30-8-13-37-31(24-30)28-54(42(37)57)38-14-15-39(55)48-41(38)56/h5-13,24-26,35,38,50H,14-23,27-28H2,1-4H3,(H,48,55,56)(H2,45,46,47,49). The number of piperazine rings is 1. The highest BCUT2D eigenvalue weighted by molar-refractivity contribution is 7.89. The highest BCUT2D eigenvalue weighted by Gasteiger charge is 2.39. The van der Waals surface area contributed by atoms with Crippen LogP contribution in [0.2, 0.25) is 0 Å². The first kappa shape index (κ1) is 41.3. The van der Waals surface area contributed by atoms with Crippen molar-refractivity contribution in [2.45, 2.75) is 89.0 Å². The molecule has 3 fully saturated rings. The molecule has 3 saturated heterocycles. The molecule has 5 heterocycles. The van der Waals surface area contributed by atoms with Crippen LogP contribution in [-0.2, 0) is 32.7 Å². The average molecular weight is 835 g/mol. The predicted molar refractivity (Wildman–Crippen MR) is 231 cm³/mol. The zero-order valence-electron chi connectivity index (χ0n) is 34.7. The van der Waals surface area contributed by atoms with Crippen LogP contribution < -0.4 is 25.6 Å². The minimum atomic E-state index is -3.69. The molecule has 4 aromatic rings. The Morgan fingerprint density at radius 3 is 2.32 bits per heavy atom. The van der Waals surface area contributed by atoms with Gasteiger partial charge >= 0.3 is 0 Å². The topological polar surface area (TPSA) is 172 Å². The number of piperidine rings is 2. The summed E-state index contributed by atoms with van der Waals surface area (Å²) in [4.78, 5) is 55.7. The number of benzene rings is 3. The number of likely N-dealkylation sites (tertiary alicyclic amines) is 1. The van der Waals surface area contributed by atoms with E-state index in [2.05, 4.69) is 58.6 Å². The Labute approximate surface area is 352 Å². The number of aromatic nitrogens is 2. The smallest absolute Gasteiger partial charge is 0.255 e. The van der Waals surface area contributed by atoms with Gasteiger partial charge in [0.15, 0.2) is 0 Å². The van der Waals surface area contributed by atoms with Gasteiger partial charge in [0.25, 0.3) is 5.91 Å². The van der Waals surface area contributed by atoms with E-state index in [4.69, 9.17) is 4.98 Å². The van der Waals surface area contributed by atoms with E-state index in [-0.39, 0.29) is 29.0 Å². The minimum absolute atomic E-state index is 0.134. The first-order valence-electron chi connectivity index (χ1n) is 20.8. The summed E-state index contributed by atoms with van der Waals surface area (Å²) >= 11 is 0. The molecule has 8 rings (SSSR count). The second-order valence-electron chi connectivity index (χ2n) is 17.3. The second-order valence-corrected chi connectivity index (χ2v) is 19.0. The van der Waals surface area contributed by atoms with Crippen molar-refractivity contribution < 1.29 is 22.8 Å². The third-order valence-corrected chi connectivity index (χ3v) is 13.4. The summed E-state index contributed by atoms with van der Waals surface area (Å²) in [7, 11) is -3.69. The number of nitrogens with one attached hydrogen (secondary N) is 4. The van der Waals surface area contributed by atoms with E-state index >= 15 is 0 Å². The fraction of sp³-hybridized carbons (Fsp3) is 0.432. The summed E-state index contributed by atoms with van der Waals surface area (Å²) in [5, 5.41) is 8.95. The van der Waals surface area contributed by atoms with Gasteiger partial charge in [-0.2, -0.15) is 4.98 Å². The minimum Gasteiger partial charge on any atom is -0.369 e. The number of nitrogens with zero attached hydrogens (tertiary/aromatic N) is 6. The molecule has 1 unspecified atom stereocenters. The van der Waals surface area contributed by atoms with Gasteiger partial charge in [0.1, 0.15) is 11.9 Å². The fourth-order valence-electron chi connectivity index (χ4n) is 8.63. The molecular formula is C44H54N10O5S. The summed E-state index contributed by atoms with van der Waals surface area (Å²) < 4.78 is 28.5. The molecule has 0 radical (unpaired) electrons. The van der Waals surface area contributed by atoms with E-state index in [1.54, 1.807) is 35.4 Å². The third kappa shape index (κ3) is 9.46. The Balaban J connectivity index is 0.794. The Morgan fingerprint density at radius 2 is 1.60 bits per heavy atom. The molecule has 3 amide bonds. The summed E-state index contributed by atoms with van der Waals surface area (Å²) in [5.41, 5.74) is 5.64. The third-order valence-electron chi connectivity index (χ3n) is 11.7. The molecular weight excluding hydrogens is 781 g/mol. The number of aryl methyl sites for hydroxylation is 1. The zero-order valence-corrected chi connectivity index (χ0v) is 35.5. The molecule has 1 atom stereocenters. The molecule has 16 heteroatoms. The molecule has 0 bridgehead atoms. The predicted octanol–water partition coefficient (Wildman–Crippen LogP) is 4.90. The van der Waals surface area contributed by atoms with Gasteiger partial charge in [0.05, 0.1) is 4.90 Å². The maximum atomic E-state index is 13.1. The van der Waals surface area contributed by atoms with Crippen LogP contribution in [0.25, 0.3) is 0 Å². The van der Waals surface area contributed by atoms with Gasteiger partial charge < -0.3 is 20.4 Å². The van der Waals surface area contributed by atoms with Crippen molar-refractivity contribution in [1.29, 1.82) is 0 Å². The molecule has 60 heavy (non-hydrogen) atoms. The van der Waals surface area contributed by atoms with E-state index in [0.29, 0.717) is 42.0 Å². The number of carbonyl (C=O) groups is 3. The van der Waals surface area contributed by atoms with Gasteiger partial charge in [-0.15, -0.1) is 0 Å². The molecule has 0 aliphatic carbocycles. The van der Waals surface area contributed by atoms with Crippen molar-refractivity contribution in [3.8, 4) is 0 Å². The molecule has 4 aliphatic heterocycles. The molecule has 1 aromatic heterocycles. The van der Waals surface area contributed by atoms with Crippen LogP contribution >= 0.6 is 0 Å². The zero-order chi connectivity index (χ0) is 42.2. The Hall–Kier alpha value is -5.42. The maximum absolute atomic E-state index is 13.1. The molecule has 4 N–H and O–H groups in total. The van der Waals surface area contributed by atoms with Crippen molar-refractivity contribution in [3.05, 3.63) is 95.2 Å². The molecule has 0 saturated carbocycles. The monoisotopic (exact) mass is 834 g/mol. The second kappa shape index (κ2) is 16.9. The van der Waals surface area contributed by atoms with Crippen molar-refractivity contribution in [2.24, 2.45) is 0 Å². The maximum Gasteiger partial charge on any atom is 0.255 e. The summed E-state index contributed by atoms with van der Waals surface area (Å²) in [6.45, 7) is 14.5. The summed E-state index contributed by atoms with van der Waals surface area (Å²) in [6.07, 6.45) is 4.59. The van der Waals surface area contributed by atoms with E-state index in [0.717, 1.165) is 75.5 Å². The number of anilines is 5. The van der Waals surface area contributed by atoms with Crippen molar-refractivity contribution >= 4 is 56.6 Å². The fourth-order valence-corrected chi connectivity index (χ4v) is 10.1. The van der Waals surface area contributed by atoms with Gasteiger partial charge in [-0.3, -0.25) is 29.5 Å². The van der Waals surface area contributed by atoms with E-state index in [9.17, 15) is 22.8 Å². The number of fused-ring (bicyclic) bond motifs is 1. The number of rotatable bonds is 11. The van der Waals surface area contributed by atoms with Crippen LogP contribution in [0.15, 0.2) is 77.8 Å². The molecule has 316 valence electrons. The highest BCUT2D eigenvalue weighted by Crippen LogP contribution is 2.30. The van der Waals surface area contributed by atoms with Crippen molar-refractivity contribution in [1.82, 2.24) is 34.7 Å². The van der Waals surface area contributed by atoms with Gasteiger partial charge in [-0.05, 0) is 120 Å². The molecule has 15 nitrogen and oxygen atoms in total. The average Bonchev–Trinajstić information content (AvgIpc) is 3.53. The van der Waals surface area contributed by atoms with Crippen molar-refractivity contribution in [2.75, 3.05) is 54.8 Å². The lowest BCUT2D eigenvalue weighted by atomic mass is 10.0. The molecule has 4 aliphatic rings. The lowest BCUT2D eigenvalue weighted by molar-refractivity contribution is -0.136. The van der Waals surface area contributed by atoms with E-state index < -0.39 is 21.6 Å². The van der Waals surface area contributed by atoms with Crippen molar-refractivity contribution in [3.63, 3.8) is 0 Å². The quantitative estimate of drug-likeness (QED) is 0.151. The van der Waals surface area contributed by atoms with Gasteiger partial charge in [-0.1, -0.05) is 18.2 Å². The van der Waals surface area contributed by atoms with Gasteiger partial charge in [0.2, 0.25) is 27.8 Å². The van der Waals surface area contributed by atoms with Crippen LogP contribution in [0, 0.1) is 6.92 Å².